The minimum atomic E-state index is -0.483. The molecule has 2 rings (SSSR count). The fourth-order valence-electron chi connectivity index (χ4n) is 1.69. The first kappa shape index (κ1) is 11.9. The normalized spacial score (nSPS) is 15.8. The summed E-state index contributed by atoms with van der Waals surface area (Å²) >= 11 is 0. The Morgan fingerprint density at radius 1 is 1.47 bits per heavy atom. The molecule has 1 heterocycles. The molecule has 1 aliphatic heterocycles. The van der Waals surface area contributed by atoms with Crippen LogP contribution in [0.4, 0.5) is 4.39 Å². The highest BCUT2D eigenvalue weighted by molar-refractivity contribution is 5.94. The largest absolute Gasteiger partial charge is 0.494 e. The zero-order chi connectivity index (χ0) is 12.3. The first-order valence-corrected chi connectivity index (χ1v) is 5.50. The average molecular weight is 239 g/mol. The van der Waals surface area contributed by atoms with Gasteiger partial charge >= 0.3 is 0 Å². The molecular weight excluding hydrogens is 225 g/mol. The molecule has 0 N–H and O–H groups in total. The molecule has 1 fully saturated rings. The molecule has 1 aromatic carbocycles. The number of rotatable bonds is 2. The second-order valence-electron chi connectivity index (χ2n) is 3.80. The van der Waals surface area contributed by atoms with E-state index in [2.05, 4.69) is 0 Å². The Morgan fingerprint density at radius 3 is 2.94 bits per heavy atom. The fourth-order valence-corrected chi connectivity index (χ4v) is 1.69. The van der Waals surface area contributed by atoms with Crippen LogP contribution in [-0.2, 0) is 4.84 Å². The zero-order valence-electron chi connectivity index (χ0n) is 9.61. The molecule has 0 unspecified atom stereocenters. The van der Waals surface area contributed by atoms with Crippen molar-refractivity contribution < 1.29 is 18.8 Å². The van der Waals surface area contributed by atoms with Gasteiger partial charge < -0.3 is 4.74 Å². The lowest BCUT2D eigenvalue weighted by Gasteiger charge is -2.25. The van der Waals surface area contributed by atoms with Gasteiger partial charge in [0.1, 0.15) is 0 Å². The van der Waals surface area contributed by atoms with Crippen molar-refractivity contribution in [1.82, 2.24) is 5.06 Å². The number of carbonyl (C=O) groups is 1. The van der Waals surface area contributed by atoms with Crippen LogP contribution in [0.15, 0.2) is 18.2 Å². The number of amides is 1. The zero-order valence-corrected chi connectivity index (χ0v) is 9.61. The summed E-state index contributed by atoms with van der Waals surface area (Å²) in [7, 11) is 1.37. The van der Waals surface area contributed by atoms with Crippen LogP contribution >= 0.6 is 0 Å². The van der Waals surface area contributed by atoms with Crippen LogP contribution in [0, 0.1) is 5.82 Å². The summed E-state index contributed by atoms with van der Waals surface area (Å²) in [6.45, 7) is 1.11. The lowest BCUT2D eigenvalue weighted by Crippen LogP contribution is -2.35. The van der Waals surface area contributed by atoms with Crippen LogP contribution in [0.3, 0.4) is 0 Å². The van der Waals surface area contributed by atoms with Gasteiger partial charge in [-0.25, -0.2) is 9.45 Å². The molecule has 17 heavy (non-hydrogen) atoms. The van der Waals surface area contributed by atoms with E-state index in [1.807, 2.05) is 0 Å². The second-order valence-corrected chi connectivity index (χ2v) is 3.80. The minimum absolute atomic E-state index is 0.0628. The van der Waals surface area contributed by atoms with E-state index in [0.717, 1.165) is 12.8 Å². The summed E-state index contributed by atoms with van der Waals surface area (Å²) in [5.41, 5.74) is 0.366. The maximum absolute atomic E-state index is 13.2. The highest BCUT2D eigenvalue weighted by Crippen LogP contribution is 2.20. The molecule has 1 aliphatic rings. The van der Waals surface area contributed by atoms with E-state index in [1.165, 1.54) is 30.4 Å². The third kappa shape index (κ3) is 2.55. The molecule has 0 aromatic heterocycles. The predicted molar refractivity (Wildman–Crippen MR) is 59.2 cm³/mol. The number of carbonyl (C=O) groups excluding carboxylic acids is 1. The van der Waals surface area contributed by atoms with E-state index < -0.39 is 5.82 Å². The SMILES string of the molecule is COc1cc(C(=O)N2CCCCO2)ccc1F. The van der Waals surface area contributed by atoms with Gasteiger partial charge in [-0.15, -0.1) is 0 Å². The Kier molecular flexibility index (Phi) is 3.58. The Balaban J connectivity index is 2.18. The number of nitrogens with zero attached hydrogens (tertiary/aromatic N) is 1. The summed E-state index contributed by atoms with van der Waals surface area (Å²) in [6.07, 6.45) is 1.88. The highest BCUT2D eigenvalue weighted by Gasteiger charge is 2.20. The van der Waals surface area contributed by atoms with Crippen molar-refractivity contribution in [2.24, 2.45) is 0 Å². The maximum Gasteiger partial charge on any atom is 0.277 e. The lowest BCUT2D eigenvalue weighted by molar-refractivity contribution is -0.144. The van der Waals surface area contributed by atoms with Crippen molar-refractivity contribution in [3.05, 3.63) is 29.6 Å². The van der Waals surface area contributed by atoms with Crippen molar-refractivity contribution in [1.29, 1.82) is 0 Å². The Bertz CT molecular complexity index is 416. The molecule has 0 radical (unpaired) electrons. The molecule has 0 bridgehead atoms. The molecule has 1 aromatic rings. The van der Waals surface area contributed by atoms with Crippen LogP contribution in [0.5, 0.6) is 5.75 Å². The van der Waals surface area contributed by atoms with Crippen molar-refractivity contribution in [2.75, 3.05) is 20.3 Å². The van der Waals surface area contributed by atoms with Gasteiger partial charge in [0.05, 0.1) is 13.7 Å². The van der Waals surface area contributed by atoms with Gasteiger partial charge in [-0.1, -0.05) is 0 Å². The van der Waals surface area contributed by atoms with Crippen LogP contribution in [0.25, 0.3) is 0 Å². The van der Waals surface area contributed by atoms with Gasteiger partial charge in [0.25, 0.3) is 5.91 Å². The molecular formula is C12H14FNO3. The standard InChI is InChI=1S/C12H14FNO3/c1-16-11-8-9(4-5-10(11)13)12(15)14-6-2-3-7-17-14/h4-5,8H,2-3,6-7H2,1H3. The van der Waals surface area contributed by atoms with Gasteiger partial charge in [-0.3, -0.25) is 9.63 Å². The van der Waals surface area contributed by atoms with Crippen LogP contribution in [0.1, 0.15) is 23.2 Å². The second kappa shape index (κ2) is 5.14. The summed E-state index contributed by atoms with van der Waals surface area (Å²) in [6, 6.07) is 4.03. The fraction of sp³-hybridized carbons (Fsp3) is 0.417. The highest BCUT2D eigenvalue weighted by atomic mass is 19.1. The molecule has 5 heteroatoms. The minimum Gasteiger partial charge on any atom is -0.494 e. The third-order valence-corrected chi connectivity index (χ3v) is 2.63. The Morgan fingerprint density at radius 2 is 2.29 bits per heavy atom. The van der Waals surface area contributed by atoms with E-state index in [9.17, 15) is 9.18 Å². The predicted octanol–water partition coefficient (Wildman–Crippen LogP) is 2.00. The van der Waals surface area contributed by atoms with E-state index in [1.54, 1.807) is 0 Å². The number of hydrogen-bond acceptors (Lipinski definition) is 3. The Hall–Kier alpha value is -1.62. The molecule has 1 saturated heterocycles. The molecule has 92 valence electrons. The van der Waals surface area contributed by atoms with Crippen molar-refractivity contribution in [2.45, 2.75) is 12.8 Å². The molecule has 0 spiro atoms. The van der Waals surface area contributed by atoms with Crippen LogP contribution in [0.2, 0.25) is 0 Å². The first-order valence-electron chi connectivity index (χ1n) is 5.50. The van der Waals surface area contributed by atoms with Gasteiger partial charge in [-0.05, 0) is 31.0 Å². The van der Waals surface area contributed by atoms with Gasteiger partial charge in [0.2, 0.25) is 0 Å². The van der Waals surface area contributed by atoms with E-state index in [-0.39, 0.29) is 11.7 Å². The average Bonchev–Trinajstić information content (AvgIpc) is 2.39. The smallest absolute Gasteiger partial charge is 0.277 e. The molecule has 1 amide bonds. The number of ether oxygens (including phenoxy) is 1. The molecule has 4 nitrogen and oxygen atoms in total. The number of methoxy groups -OCH3 is 1. The van der Waals surface area contributed by atoms with E-state index in [4.69, 9.17) is 9.57 Å². The Labute approximate surface area is 98.9 Å². The van der Waals surface area contributed by atoms with Crippen molar-refractivity contribution in [3.8, 4) is 5.75 Å². The summed E-state index contributed by atoms with van der Waals surface area (Å²) < 4.78 is 18.0. The summed E-state index contributed by atoms with van der Waals surface area (Å²) in [4.78, 5) is 17.2. The third-order valence-electron chi connectivity index (χ3n) is 2.63. The van der Waals surface area contributed by atoms with Crippen molar-refractivity contribution in [3.63, 3.8) is 0 Å². The van der Waals surface area contributed by atoms with Crippen LogP contribution < -0.4 is 4.74 Å². The van der Waals surface area contributed by atoms with E-state index in [0.29, 0.717) is 18.7 Å². The van der Waals surface area contributed by atoms with E-state index >= 15 is 0 Å². The van der Waals surface area contributed by atoms with Crippen molar-refractivity contribution >= 4 is 5.91 Å². The first-order chi connectivity index (χ1) is 8.22. The number of hydrogen-bond donors (Lipinski definition) is 0. The summed E-state index contributed by atoms with van der Waals surface area (Å²) in [5, 5.41) is 1.32. The monoisotopic (exact) mass is 239 g/mol. The summed E-state index contributed by atoms with van der Waals surface area (Å²) in [5.74, 6) is -0.681. The molecule has 0 atom stereocenters. The van der Waals surface area contributed by atoms with Gasteiger partial charge in [0.15, 0.2) is 11.6 Å². The van der Waals surface area contributed by atoms with Crippen LogP contribution in [-0.4, -0.2) is 31.2 Å². The maximum atomic E-state index is 13.2. The molecule has 0 aliphatic carbocycles. The number of halogens is 1. The van der Waals surface area contributed by atoms with Gasteiger partial charge in [-0.2, -0.15) is 0 Å². The molecule has 0 saturated carbocycles. The lowest BCUT2D eigenvalue weighted by atomic mass is 10.2. The number of benzene rings is 1. The topological polar surface area (TPSA) is 38.8 Å². The quantitative estimate of drug-likeness (QED) is 0.792. The number of hydroxylamine groups is 2. The van der Waals surface area contributed by atoms with Gasteiger partial charge in [0, 0.05) is 12.1 Å².